The van der Waals surface area contributed by atoms with Crippen LogP contribution in [-0.4, -0.2) is 10.1 Å². The Kier molecular flexibility index (Phi) is 2.68. The smallest absolute Gasteiger partial charge is 0.270 e. The molecule has 3 heterocycles. The van der Waals surface area contributed by atoms with Gasteiger partial charge in [0.1, 0.15) is 4.88 Å². The summed E-state index contributed by atoms with van der Waals surface area (Å²) in [4.78, 5) is 5.26. The lowest BCUT2D eigenvalue weighted by Gasteiger charge is -1.92. The maximum atomic E-state index is 5.98. The van der Waals surface area contributed by atoms with E-state index in [4.69, 9.17) is 10.3 Å². The highest BCUT2D eigenvalue weighted by Gasteiger charge is 2.17. The normalized spacial score (nSPS) is 11.0. The standard InChI is InChI=1S/C12H11N3OS2/c1-6-3-17-5-8(6)11-14-12(16-15-11)10-9(13)7(2)4-18-10/h3-5H,13H2,1-2H3. The number of thiophene rings is 2. The topological polar surface area (TPSA) is 64.9 Å². The van der Waals surface area contributed by atoms with Crippen LogP contribution < -0.4 is 5.73 Å². The van der Waals surface area contributed by atoms with E-state index in [1.807, 2.05) is 24.6 Å². The summed E-state index contributed by atoms with van der Waals surface area (Å²) in [7, 11) is 0. The maximum Gasteiger partial charge on any atom is 0.270 e. The SMILES string of the molecule is Cc1cscc1-c1noc(-c2scc(C)c2N)n1. The molecule has 0 radical (unpaired) electrons. The van der Waals surface area contributed by atoms with Gasteiger partial charge in [0.15, 0.2) is 0 Å². The van der Waals surface area contributed by atoms with Gasteiger partial charge in [0, 0.05) is 10.9 Å². The fourth-order valence-electron chi connectivity index (χ4n) is 1.63. The number of aromatic nitrogens is 2. The number of hydrogen-bond acceptors (Lipinski definition) is 6. The second-order valence-electron chi connectivity index (χ2n) is 4.05. The van der Waals surface area contributed by atoms with Crippen LogP contribution in [0.25, 0.3) is 22.2 Å². The average molecular weight is 277 g/mol. The Morgan fingerprint density at radius 1 is 1.17 bits per heavy atom. The van der Waals surface area contributed by atoms with Gasteiger partial charge in [0.25, 0.3) is 5.89 Å². The van der Waals surface area contributed by atoms with Gasteiger partial charge in [-0.15, -0.1) is 11.3 Å². The summed E-state index contributed by atoms with van der Waals surface area (Å²) in [6.45, 7) is 4.00. The van der Waals surface area contributed by atoms with Crippen LogP contribution in [0.5, 0.6) is 0 Å². The molecule has 0 amide bonds. The van der Waals surface area contributed by atoms with Gasteiger partial charge in [-0.2, -0.15) is 16.3 Å². The van der Waals surface area contributed by atoms with E-state index in [9.17, 15) is 0 Å². The minimum atomic E-state index is 0.492. The van der Waals surface area contributed by atoms with E-state index < -0.39 is 0 Å². The zero-order valence-corrected chi connectivity index (χ0v) is 11.6. The highest BCUT2D eigenvalue weighted by molar-refractivity contribution is 7.14. The van der Waals surface area contributed by atoms with Gasteiger partial charge >= 0.3 is 0 Å². The van der Waals surface area contributed by atoms with Crippen molar-refractivity contribution in [3.63, 3.8) is 0 Å². The molecule has 0 unspecified atom stereocenters. The van der Waals surface area contributed by atoms with Crippen molar-refractivity contribution < 1.29 is 4.52 Å². The van der Waals surface area contributed by atoms with Crippen molar-refractivity contribution >= 4 is 28.4 Å². The van der Waals surface area contributed by atoms with Gasteiger partial charge in [-0.25, -0.2) is 0 Å². The van der Waals surface area contributed by atoms with E-state index in [1.54, 1.807) is 11.3 Å². The van der Waals surface area contributed by atoms with Crippen LogP contribution >= 0.6 is 22.7 Å². The molecule has 0 saturated heterocycles. The van der Waals surface area contributed by atoms with Gasteiger partial charge < -0.3 is 10.3 Å². The number of rotatable bonds is 2. The molecule has 0 fully saturated rings. The molecule has 3 rings (SSSR count). The predicted molar refractivity (Wildman–Crippen MR) is 74.8 cm³/mol. The molecule has 6 heteroatoms. The first-order valence-electron chi connectivity index (χ1n) is 5.37. The van der Waals surface area contributed by atoms with Crippen molar-refractivity contribution in [2.45, 2.75) is 13.8 Å². The van der Waals surface area contributed by atoms with Crippen LogP contribution in [0.15, 0.2) is 20.7 Å². The number of nitrogens with zero attached hydrogens (tertiary/aromatic N) is 2. The molecule has 0 aliphatic heterocycles. The summed E-state index contributed by atoms with van der Waals surface area (Å²) in [5.41, 5.74) is 9.91. The molecule has 0 bridgehead atoms. The summed E-state index contributed by atoms with van der Waals surface area (Å²) in [5.74, 6) is 1.11. The van der Waals surface area contributed by atoms with E-state index >= 15 is 0 Å². The summed E-state index contributed by atoms with van der Waals surface area (Å²) in [6, 6.07) is 0. The van der Waals surface area contributed by atoms with Crippen molar-refractivity contribution in [2.75, 3.05) is 5.73 Å². The lowest BCUT2D eigenvalue weighted by atomic mass is 10.2. The summed E-state index contributed by atoms with van der Waals surface area (Å²) in [6.07, 6.45) is 0. The molecular weight excluding hydrogens is 266 g/mol. The van der Waals surface area contributed by atoms with Crippen LogP contribution in [0, 0.1) is 13.8 Å². The molecule has 0 aliphatic carbocycles. The third kappa shape index (κ3) is 1.74. The van der Waals surface area contributed by atoms with E-state index in [-0.39, 0.29) is 0 Å². The highest BCUT2D eigenvalue weighted by Crippen LogP contribution is 2.35. The lowest BCUT2D eigenvalue weighted by Crippen LogP contribution is -1.87. The second kappa shape index (κ2) is 4.22. The molecule has 4 nitrogen and oxygen atoms in total. The molecule has 0 atom stereocenters. The van der Waals surface area contributed by atoms with Gasteiger partial charge in [0.05, 0.1) is 5.69 Å². The zero-order chi connectivity index (χ0) is 12.7. The summed E-state index contributed by atoms with van der Waals surface area (Å²) < 4.78 is 5.30. The number of nitrogen functional groups attached to an aromatic ring is 1. The molecule has 0 aromatic carbocycles. The first kappa shape index (κ1) is 11.4. The van der Waals surface area contributed by atoms with Crippen LogP contribution in [0.4, 0.5) is 5.69 Å². The lowest BCUT2D eigenvalue weighted by molar-refractivity contribution is 0.433. The summed E-state index contributed by atoms with van der Waals surface area (Å²) >= 11 is 3.16. The molecule has 2 N–H and O–H groups in total. The Bertz CT molecular complexity index is 696. The molecule has 3 aromatic rings. The zero-order valence-electron chi connectivity index (χ0n) is 9.93. The largest absolute Gasteiger partial charge is 0.397 e. The number of aryl methyl sites for hydroxylation is 2. The Morgan fingerprint density at radius 3 is 2.61 bits per heavy atom. The van der Waals surface area contributed by atoms with Crippen LogP contribution in [0.3, 0.4) is 0 Å². The van der Waals surface area contributed by atoms with Crippen molar-refractivity contribution in [1.29, 1.82) is 0 Å². The van der Waals surface area contributed by atoms with Crippen molar-refractivity contribution in [1.82, 2.24) is 10.1 Å². The Balaban J connectivity index is 2.05. The monoisotopic (exact) mass is 277 g/mol. The molecular formula is C12H11N3OS2. The number of hydrogen-bond donors (Lipinski definition) is 1. The molecule has 92 valence electrons. The van der Waals surface area contributed by atoms with Crippen LogP contribution in [0.1, 0.15) is 11.1 Å². The van der Waals surface area contributed by atoms with Crippen molar-refractivity contribution in [2.24, 2.45) is 0 Å². The van der Waals surface area contributed by atoms with Gasteiger partial charge in [-0.3, -0.25) is 0 Å². The van der Waals surface area contributed by atoms with E-state index in [0.29, 0.717) is 11.7 Å². The molecule has 0 aliphatic rings. The van der Waals surface area contributed by atoms with Gasteiger partial charge in [-0.1, -0.05) is 5.16 Å². The Labute approximate surface area is 112 Å². The van der Waals surface area contributed by atoms with E-state index in [0.717, 1.165) is 27.3 Å². The minimum Gasteiger partial charge on any atom is -0.397 e. The predicted octanol–water partition coefficient (Wildman–Crippen LogP) is 3.73. The molecule has 0 saturated carbocycles. The first-order valence-corrected chi connectivity index (χ1v) is 7.20. The molecule has 0 spiro atoms. The molecule has 3 aromatic heterocycles. The minimum absolute atomic E-state index is 0.492. The fourth-order valence-corrected chi connectivity index (χ4v) is 3.35. The van der Waals surface area contributed by atoms with E-state index in [2.05, 4.69) is 15.5 Å². The Morgan fingerprint density at radius 2 is 2.00 bits per heavy atom. The first-order chi connectivity index (χ1) is 8.66. The second-order valence-corrected chi connectivity index (χ2v) is 5.68. The maximum absolute atomic E-state index is 5.98. The number of nitrogens with two attached hydrogens (primary N) is 1. The number of anilines is 1. The third-order valence-corrected chi connectivity index (χ3v) is 4.70. The fraction of sp³-hybridized carbons (Fsp3) is 0.167. The van der Waals surface area contributed by atoms with Gasteiger partial charge in [0.2, 0.25) is 5.82 Å². The van der Waals surface area contributed by atoms with Crippen molar-refractivity contribution in [3.8, 4) is 22.2 Å². The van der Waals surface area contributed by atoms with Crippen molar-refractivity contribution in [3.05, 3.63) is 27.3 Å². The third-order valence-electron chi connectivity index (χ3n) is 2.74. The van der Waals surface area contributed by atoms with Crippen LogP contribution in [0.2, 0.25) is 0 Å². The van der Waals surface area contributed by atoms with Crippen LogP contribution in [-0.2, 0) is 0 Å². The average Bonchev–Trinajstić information content (AvgIpc) is 3.02. The summed E-state index contributed by atoms with van der Waals surface area (Å²) in [5, 5.41) is 10.1. The highest BCUT2D eigenvalue weighted by atomic mass is 32.1. The van der Waals surface area contributed by atoms with Gasteiger partial charge in [-0.05, 0) is 35.7 Å². The van der Waals surface area contributed by atoms with E-state index in [1.165, 1.54) is 11.3 Å². The molecule has 18 heavy (non-hydrogen) atoms. The quantitative estimate of drug-likeness (QED) is 0.775. The Hall–Kier alpha value is -1.66.